The number of hydrogen-bond donors (Lipinski definition) is 2. The molecule has 0 amide bonds. The Labute approximate surface area is 109 Å². The molecule has 1 aromatic rings. The maximum atomic E-state index is 5.80. The molecule has 3 N–H and O–H groups in total. The summed E-state index contributed by atoms with van der Waals surface area (Å²) in [6.07, 6.45) is 5.61. The van der Waals surface area contributed by atoms with E-state index in [1.165, 1.54) is 12.7 Å². The van der Waals surface area contributed by atoms with E-state index in [4.69, 9.17) is 10.5 Å². The number of aromatic nitrogens is 2. The minimum atomic E-state index is 0.564. The number of nitrogens with zero attached hydrogens (tertiary/aromatic N) is 2. The Morgan fingerprint density at radius 3 is 2.72 bits per heavy atom. The van der Waals surface area contributed by atoms with E-state index in [1.54, 1.807) is 0 Å². The van der Waals surface area contributed by atoms with Crippen LogP contribution in [0.3, 0.4) is 0 Å². The molecule has 0 spiro atoms. The zero-order valence-corrected chi connectivity index (χ0v) is 11.4. The van der Waals surface area contributed by atoms with Crippen molar-refractivity contribution in [2.75, 3.05) is 30.8 Å². The SMILES string of the molecule is CCCCOCCCNc1ncnc(N)c1CC. The molecule has 102 valence electrons. The second-order valence-electron chi connectivity index (χ2n) is 4.19. The predicted molar refractivity (Wildman–Crippen MR) is 74.7 cm³/mol. The number of unbranched alkanes of at least 4 members (excludes halogenated alkanes) is 1. The Hall–Kier alpha value is -1.36. The highest BCUT2D eigenvalue weighted by Gasteiger charge is 2.05. The van der Waals surface area contributed by atoms with Crippen molar-refractivity contribution >= 4 is 11.6 Å². The predicted octanol–water partition coefficient (Wildman–Crippen LogP) is 2.24. The molecule has 0 aliphatic heterocycles. The van der Waals surface area contributed by atoms with Crippen LogP contribution in [0.2, 0.25) is 0 Å². The first-order chi connectivity index (χ1) is 8.79. The summed E-state index contributed by atoms with van der Waals surface area (Å²) in [5.41, 5.74) is 6.79. The Bertz CT molecular complexity index is 344. The Balaban J connectivity index is 2.25. The summed E-state index contributed by atoms with van der Waals surface area (Å²) in [6.45, 7) is 6.70. The van der Waals surface area contributed by atoms with Crippen molar-refractivity contribution in [3.05, 3.63) is 11.9 Å². The van der Waals surface area contributed by atoms with Crippen LogP contribution in [0, 0.1) is 0 Å². The monoisotopic (exact) mass is 252 g/mol. The molecule has 0 saturated carbocycles. The minimum absolute atomic E-state index is 0.564. The van der Waals surface area contributed by atoms with Crippen molar-refractivity contribution in [2.24, 2.45) is 0 Å². The van der Waals surface area contributed by atoms with E-state index in [9.17, 15) is 0 Å². The van der Waals surface area contributed by atoms with Crippen LogP contribution in [0.5, 0.6) is 0 Å². The van der Waals surface area contributed by atoms with Gasteiger partial charge in [0, 0.05) is 25.3 Å². The minimum Gasteiger partial charge on any atom is -0.383 e. The molecule has 5 heteroatoms. The lowest BCUT2D eigenvalue weighted by Crippen LogP contribution is -2.11. The number of ether oxygens (including phenoxy) is 1. The van der Waals surface area contributed by atoms with Gasteiger partial charge in [0.2, 0.25) is 0 Å². The molecule has 0 unspecified atom stereocenters. The summed E-state index contributed by atoms with van der Waals surface area (Å²) < 4.78 is 5.49. The van der Waals surface area contributed by atoms with Crippen molar-refractivity contribution in [2.45, 2.75) is 39.5 Å². The van der Waals surface area contributed by atoms with Gasteiger partial charge >= 0.3 is 0 Å². The van der Waals surface area contributed by atoms with E-state index in [0.29, 0.717) is 5.82 Å². The molecule has 1 rings (SSSR count). The highest BCUT2D eigenvalue weighted by atomic mass is 16.5. The van der Waals surface area contributed by atoms with E-state index in [-0.39, 0.29) is 0 Å². The van der Waals surface area contributed by atoms with E-state index in [0.717, 1.165) is 50.4 Å². The van der Waals surface area contributed by atoms with Crippen LogP contribution in [0.1, 0.15) is 38.7 Å². The molecule has 5 nitrogen and oxygen atoms in total. The normalized spacial score (nSPS) is 10.6. The Morgan fingerprint density at radius 1 is 1.22 bits per heavy atom. The summed E-state index contributed by atoms with van der Waals surface area (Å²) >= 11 is 0. The summed E-state index contributed by atoms with van der Waals surface area (Å²) in [7, 11) is 0. The molecule has 0 aliphatic rings. The second-order valence-corrected chi connectivity index (χ2v) is 4.19. The second kappa shape index (κ2) is 8.69. The molecule has 0 atom stereocenters. The molecule has 18 heavy (non-hydrogen) atoms. The first kappa shape index (κ1) is 14.7. The molecular weight excluding hydrogens is 228 g/mol. The van der Waals surface area contributed by atoms with Gasteiger partial charge in [-0.2, -0.15) is 0 Å². The fourth-order valence-corrected chi connectivity index (χ4v) is 1.66. The van der Waals surface area contributed by atoms with Crippen LogP contribution >= 0.6 is 0 Å². The third kappa shape index (κ3) is 4.87. The standard InChI is InChI=1S/C13H24N4O/c1-3-5-8-18-9-6-7-15-13-11(4-2)12(14)16-10-17-13/h10H,3-9H2,1-2H3,(H3,14,15,16,17). The summed E-state index contributed by atoms with van der Waals surface area (Å²) in [4.78, 5) is 8.21. The fourth-order valence-electron chi connectivity index (χ4n) is 1.66. The smallest absolute Gasteiger partial charge is 0.134 e. The van der Waals surface area contributed by atoms with E-state index >= 15 is 0 Å². The molecule has 0 radical (unpaired) electrons. The maximum Gasteiger partial charge on any atom is 0.134 e. The number of anilines is 2. The fraction of sp³-hybridized carbons (Fsp3) is 0.692. The molecule has 1 aromatic heterocycles. The van der Waals surface area contributed by atoms with Crippen molar-refractivity contribution in [1.82, 2.24) is 9.97 Å². The number of nitrogens with one attached hydrogen (secondary N) is 1. The molecule has 0 bridgehead atoms. The van der Waals surface area contributed by atoms with Gasteiger partial charge in [0.15, 0.2) is 0 Å². The van der Waals surface area contributed by atoms with Gasteiger partial charge in [-0.25, -0.2) is 9.97 Å². The zero-order chi connectivity index (χ0) is 13.2. The summed E-state index contributed by atoms with van der Waals surface area (Å²) in [5, 5.41) is 3.28. The van der Waals surface area contributed by atoms with E-state index < -0.39 is 0 Å². The van der Waals surface area contributed by atoms with E-state index in [1.807, 2.05) is 6.92 Å². The quantitative estimate of drug-likeness (QED) is 0.659. The van der Waals surface area contributed by atoms with Crippen LogP contribution < -0.4 is 11.1 Å². The number of nitrogens with two attached hydrogens (primary N) is 1. The van der Waals surface area contributed by atoms with Gasteiger partial charge in [-0.1, -0.05) is 20.3 Å². The van der Waals surface area contributed by atoms with Crippen LogP contribution in [-0.2, 0) is 11.2 Å². The maximum absolute atomic E-state index is 5.80. The Kier molecular flexibility index (Phi) is 7.10. The molecule has 0 fully saturated rings. The van der Waals surface area contributed by atoms with Gasteiger partial charge in [0.1, 0.15) is 18.0 Å². The first-order valence-electron chi connectivity index (χ1n) is 6.70. The molecule has 1 heterocycles. The Morgan fingerprint density at radius 2 is 2.00 bits per heavy atom. The summed E-state index contributed by atoms with van der Waals surface area (Å²) in [6, 6.07) is 0. The topological polar surface area (TPSA) is 73.1 Å². The molecule has 0 saturated heterocycles. The number of nitrogen functional groups attached to an aromatic ring is 1. The average Bonchev–Trinajstić information content (AvgIpc) is 2.38. The zero-order valence-electron chi connectivity index (χ0n) is 11.4. The first-order valence-corrected chi connectivity index (χ1v) is 6.70. The summed E-state index contributed by atoms with van der Waals surface area (Å²) in [5.74, 6) is 1.41. The van der Waals surface area contributed by atoms with Crippen molar-refractivity contribution in [3.8, 4) is 0 Å². The van der Waals surface area contributed by atoms with Crippen LogP contribution in [-0.4, -0.2) is 29.7 Å². The van der Waals surface area contributed by atoms with Crippen LogP contribution in [0.15, 0.2) is 6.33 Å². The average molecular weight is 252 g/mol. The van der Waals surface area contributed by atoms with Gasteiger partial charge < -0.3 is 15.8 Å². The van der Waals surface area contributed by atoms with Gasteiger partial charge in [0.25, 0.3) is 0 Å². The number of rotatable bonds is 9. The van der Waals surface area contributed by atoms with E-state index in [2.05, 4.69) is 22.2 Å². The number of hydrogen-bond acceptors (Lipinski definition) is 5. The van der Waals surface area contributed by atoms with Gasteiger partial charge in [-0.05, 0) is 19.3 Å². The third-order valence-corrected chi connectivity index (χ3v) is 2.73. The lowest BCUT2D eigenvalue weighted by Gasteiger charge is -2.11. The highest BCUT2D eigenvalue weighted by molar-refractivity contribution is 5.54. The largest absolute Gasteiger partial charge is 0.383 e. The van der Waals surface area contributed by atoms with Crippen molar-refractivity contribution in [3.63, 3.8) is 0 Å². The van der Waals surface area contributed by atoms with Crippen LogP contribution in [0.25, 0.3) is 0 Å². The van der Waals surface area contributed by atoms with Gasteiger partial charge in [-0.3, -0.25) is 0 Å². The van der Waals surface area contributed by atoms with Gasteiger partial charge in [-0.15, -0.1) is 0 Å². The van der Waals surface area contributed by atoms with Gasteiger partial charge in [0.05, 0.1) is 0 Å². The van der Waals surface area contributed by atoms with Crippen LogP contribution in [0.4, 0.5) is 11.6 Å². The molecule has 0 aliphatic carbocycles. The van der Waals surface area contributed by atoms with Crippen molar-refractivity contribution < 1.29 is 4.74 Å². The lowest BCUT2D eigenvalue weighted by molar-refractivity contribution is 0.131. The van der Waals surface area contributed by atoms with Crippen molar-refractivity contribution in [1.29, 1.82) is 0 Å². The molecule has 0 aromatic carbocycles. The molecular formula is C13H24N4O. The highest BCUT2D eigenvalue weighted by Crippen LogP contribution is 2.17. The lowest BCUT2D eigenvalue weighted by atomic mass is 10.2. The third-order valence-electron chi connectivity index (χ3n) is 2.73.